The molecule has 0 aliphatic carbocycles. The summed E-state index contributed by atoms with van der Waals surface area (Å²) >= 11 is 1.17. The van der Waals surface area contributed by atoms with Crippen molar-refractivity contribution >= 4 is 28.7 Å². The number of hydrogen-bond donors (Lipinski definition) is 1. The number of aromatic amines is 1. The monoisotopic (exact) mass is 465 g/mol. The third kappa shape index (κ3) is 4.53. The molecule has 1 fully saturated rings. The van der Waals surface area contributed by atoms with Gasteiger partial charge >= 0.3 is 0 Å². The molecule has 4 aromatic rings. The fraction of sp³-hybridized carbons (Fsp3) is 0.217. The van der Waals surface area contributed by atoms with E-state index in [1.165, 1.54) is 30.1 Å². The second-order valence-corrected chi connectivity index (χ2v) is 8.50. The number of halogens is 1. The summed E-state index contributed by atoms with van der Waals surface area (Å²) in [5.74, 6) is -0.287. The highest BCUT2D eigenvalue weighted by Gasteiger charge is 2.25. The van der Waals surface area contributed by atoms with E-state index in [4.69, 9.17) is 4.74 Å². The van der Waals surface area contributed by atoms with Crippen LogP contribution in [0.25, 0.3) is 16.7 Å². The molecule has 168 valence electrons. The van der Waals surface area contributed by atoms with E-state index in [1.54, 1.807) is 21.7 Å². The van der Waals surface area contributed by atoms with Gasteiger partial charge in [-0.15, -0.1) is 0 Å². The van der Waals surface area contributed by atoms with Gasteiger partial charge in [0, 0.05) is 6.54 Å². The van der Waals surface area contributed by atoms with Crippen molar-refractivity contribution in [2.24, 2.45) is 0 Å². The quantitative estimate of drug-likeness (QED) is 0.360. The number of nitrogens with zero attached hydrogens (tertiary/aromatic N) is 4. The van der Waals surface area contributed by atoms with E-state index in [2.05, 4.69) is 15.1 Å². The van der Waals surface area contributed by atoms with Gasteiger partial charge < -0.3 is 14.6 Å². The minimum Gasteiger partial charge on any atom is -0.370 e. The number of ether oxygens (including phenoxy) is 1. The van der Waals surface area contributed by atoms with Gasteiger partial charge in [-0.1, -0.05) is 42.1 Å². The van der Waals surface area contributed by atoms with Crippen LogP contribution in [-0.2, 0) is 9.53 Å². The molecule has 1 atom stereocenters. The smallest absolute Gasteiger partial charge is 0.262 e. The standard InChI is InChI=1S/C23H20FN5O3S/c24-16-8-6-15(7-9-16)19-13-28(10-11-32-19)20(30)14-33-23-26-21-18(22(31)27-23)12-25-29(21)17-4-2-1-3-5-17/h1-9,12,19H,10-11,13-14H2,(H,26,27,31). The molecule has 1 amide bonds. The van der Waals surface area contributed by atoms with E-state index >= 15 is 0 Å². The maximum absolute atomic E-state index is 13.2. The topological polar surface area (TPSA) is 93.1 Å². The fourth-order valence-electron chi connectivity index (χ4n) is 3.70. The summed E-state index contributed by atoms with van der Waals surface area (Å²) < 4.78 is 20.6. The molecule has 1 unspecified atom stereocenters. The lowest BCUT2D eigenvalue weighted by molar-refractivity contribution is -0.136. The second kappa shape index (κ2) is 9.16. The lowest BCUT2D eigenvalue weighted by atomic mass is 10.1. The third-order valence-corrected chi connectivity index (χ3v) is 6.27. The molecule has 10 heteroatoms. The number of rotatable bonds is 5. The zero-order chi connectivity index (χ0) is 22.8. The van der Waals surface area contributed by atoms with Crippen LogP contribution in [0.1, 0.15) is 11.7 Å². The second-order valence-electron chi connectivity index (χ2n) is 7.54. The first-order chi connectivity index (χ1) is 16.1. The Morgan fingerprint density at radius 1 is 1.18 bits per heavy atom. The van der Waals surface area contributed by atoms with Crippen molar-refractivity contribution in [1.82, 2.24) is 24.6 Å². The zero-order valence-corrected chi connectivity index (χ0v) is 18.3. The predicted octanol–water partition coefficient (Wildman–Crippen LogP) is 2.94. The Morgan fingerprint density at radius 3 is 2.76 bits per heavy atom. The summed E-state index contributed by atoms with van der Waals surface area (Å²) in [6.07, 6.45) is 1.18. The van der Waals surface area contributed by atoms with Crippen LogP contribution in [0, 0.1) is 5.82 Å². The summed E-state index contributed by atoms with van der Waals surface area (Å²) in [5, 5.41) is 5.02. The number of aromatic nitrogens is 4. The van der Waals surface area contributed by atoms with Crippen LogP contribution >= 0.6 is 11.8 Å². The molecule has 33 heavy (non-hydrogen) atoms. The van der Waals surface area contributed by atoms with Gasteiger partial charge in [-0.3, -0.25) is 9.59 Å². The minimum absolute atomic E-state index is 0.0882. The van der Waals surface area contributed by atoms with Crippen molar-refractivity contribution < 1.29 is 13.9 Å². The van der Waals surface area contributed by atoms with Crippen molar-refractivity contribution in [2.75, 3.05) is 25.4 Å². The van der Waals surface area contributed by atoms with Crippen LogP contribution in [0.4, 0.5) is 4.39 Å². The number of H-pyrrole nitrogens is 1. The number of fused-ring (bicyclic) bond motifs is 1. The maximum Gasteiger partial charge on any atom is 0.262 e. The average Bonchev–Trinajstić information content (AvgIpc) is 3.28. The molecule has 1 N–H and O–H groups in total. The predicted molar refractivity (Wildman–Crippen MR) is 122 cm³/mol. The number of morpholine rings is 1. The van der Waals surface area contributed by atoms with Gasteiger partial charge in [-0.05, 0) is 29.8 Å². The highest BCUT2D eigenvalue weighted by molar-refractivity contribution is 7.99. The van der Waals surface area contributed by atoms with Gasteiger partial charge in [-0.2, -0.15) is 5.10 Å². The number of nitrogens with one attached hydrogen (secondary N) is 1. The summed E-state index contributed by atoms with van der Waals surface area (Å²) in [5.41, 5.74) is 1.74. The molecule has 2 aromatic carbocycles. The molecule has 1 aliphatic heterocycles. The zero-order valence-electron chi connectivity index (χ0n) is 17.5. The van der Waals surface area contributed by atoms with Crippen molar-refractivity contribution in [3.05, 3.63) is 82.5 Å². The summed E-state index contributed by atoms with van der Waals surface area (Å²) in [6.45, 7) is 1.26. The minimum atomic E-state index is -0.314. The number of benzene rings is 2. The summed E-state index contributed by atoms with van der Waals surface area (Å²) in [6, 6.07) is 15.5. The molecule has 8 nitrogen and oxygen atoms in total. The van der Waals surface area contributed by atoms with Crippen LogP contribution in [-0.4, -0.2) is 56.0 Å². The summed E-state index contributed by atoms with van der Waals surface area (Å²) in [4.78, 5) is 34.3. The largest absolute Gasteiger partial charge is 0.370 e. The Balaban J connectivity index is 1.29. The molecule has 1 saturated heterocycles. The number of carbonyl (C=O) groups is 1. The van der Waals surface area contributed by atoms with Gasteiger partial charge in [0.25, 0.3) is 5.56 Å². The van der Waals surface area contributed by atoms with Gasteiger partial charge in [0.15, 0.2) is 10.8 Å². The number of hydrogen-bond acceptors (Lipinski definition) is 6. The normalized spacial score (nSPS) is 16.3. The van der Waals surface area contributed by atoms with E-state index < -0.39 is 0 Å². The van der Waals surface area contributed by atoms with E-state index in [0.717, 1.165) is 11.3 Å². The Kier molecular flexibility index (Phi) is 5.93. The van der Waals surface area contributed by atoms with Crippen molar-refractivity contribution in [2.45, 2.75) is 11.3 Å². The van der Waals surface area contributed by atoms with E-state index in [9.17, 15) is 14.0 Å². The Hall–Kier alpha value is -3.50. The maximum atomic E-state index is 13.2. The number of amides is 1. The van der Waals surface area contributed by atoms with Gasteiger partial charge in [0.05, 0.1) is 30.8 Å². The first-order valence-corrected chi connectivity index (χ1v) is 11.4. The van der Waals surface area contributed by atoms with Crippen LogP contribution in [0.3, 0.4) is 0 Å². The Labute approximate surface area is 192 Å². The Bertz CT molecular complexity index is 1340. The molecule has 2 aromatic heterocycles. The first-order valence-electron chi connectivity index (χ1n) is 10.4. The molecule has 3 heterocycles. The lowest BCUT2D eigenvalue weighted by Gasteiger charge is -2.33. The highest BCUT2D eigenvalue weighted by Crippen LogP contribution is 2.24. The van der Waals surface area contributed by atoms with Crippen LogP contribution in [0.5, 0.6) is 0 Å². The van der Waals surface area contributed by atoms with Crippen LogP contribution < -0.4 is 5.56 Å². The van der Waals surface area contributed by atoms with Crippen molar-refractivity contribution in [1.29, 1.82) is 0 Å². The highest BCUT2D eigenvalue weighted by atomic mass is 32.2. The number of carbonyl (C=O) groups excluding carboxylic acids is 1. The molecule has 0 spiro atoms. The van der Waals surface area contributed by atoms with E-state index in [-0.39, 0.29) is 29.1 Å². The molecule has 1 aliphatic rings. The SMILES string of the molecule is O=C(CSc1nc2c(cnn2-c2ccccc2)c(=O)[nH]1)N1CCOC(c2ccc(F)cc2)C1. The number of thioether (sulfide) groups is 1. The van der Waals surface area contributed by atoms with Crippen molar-refractivity contribution in [3.8, 4) is 5.69 Å². The molecule has 0 saturated carbocycles. The molecular formula is C23H20FN5O3S. The Morgan fingerprint density at radius 2 is 1.97 bits per heavy atom. The van der Waals surface area contributed by atoms with E-state index in [0.29, 0.717) is 35.9 Å². The van der Waals surface area contributed by atoms with Crippen LogP contribution in [0.15, 0.2) is 70.7 Å². The van der Waals surface area contributed by atoms with Gasteiger partial charge in [-0.25, -0.2) is 14.1 Å². The van der Waals surface area contributed by atoms with Crippen LogP contribution in [0.2, 0.25) is 0 Å². The average molecular weight is 466 g/mol. The molecule has 5 rings (SSSR count). The van der Waals surface area contributed by atoms with E-state index in [1.807, 2.05) is 30.3 Å². The molecule has 0 bridgehead atoms. The third-order valence-electron chi connectivity index (χ3n) is 5.41. The summed E-state index contributed by atoms with van der Waals surface area (Å²) in [7, 11) is 0. The molecule has 0 radical (unpaired) electrons. The fourth-order valence-corrected chi connectivity index (χ4v) is 4.46. The molecular weight excluding hydrogens is 445 g/mol. The van der Waals surface area contributed by atoms with Crippen molar-refractivity contribution in [3.63, 3.8) is 0 Å². The van der Waals surface area contributed by atoms with Gasteiger partial charge in [0.2, 0.25) is 5.91 Å². The lowest BCUT2D eigenvalue weighted by Crippen LogP contribution is -2.43. The first kappa shape index (κ1) is 21.4. The van der Waals surface area contributed by atoms with Gasteiger partial charge in [0.1, 0.15) is 17.3 Å². The number of para-hydroxylation sites is 1.